The third-order valence-electron chi connectivity index (χ3n) is 12.6. The summed E-state index contributed by atoms with van der Waals surface area (Å²) in [5.41, 5.74) is 0. The van der Waals surface area contributed by atoms with Crippen LogP contribution in [0.4, 0.5) is 0 Å². The molecule has 1 amide bonds. The number of allylic oxidation sites excluding steroid dienone is 7. The van der Waals surface area contributed by atoms with Crippen LogP contribution < -0.4 is 5.32 Å². The Morgan fingerprint density at radius 1 is 0.438 bits per heavy atom. The molecule has 6 nitrogen and oxygen atoms in total. The summed E-state index contributed by atoms with van der Waals surface area (Å²) in [5, 5.41) is 23.1. The van der Waals surface area contributed by atoms with Gasteiger partial charge in [-0.1, -0.05) is 229 Å². The molecular formula is C58H107NO5. The second-order valence-electron chi connectivity index (χ2n) is 18.9. The fourth-order valence-electron chi connectivity index (χ4n) is 8.25. The largest absolute Gasteiger partial charge is 0.466 e. The fourth-order valence-corrected chi connectivity index (χ4v) is 8.25. The second-order valence-corrected chi connectivity index (χ2v) is 18.9. The lowest BCUT2D eigenvalue weighted by molar-refractivity contribution is -0.143. The minimum Gasteiger partial charge on any atom is -0.466 e. The smallest absolute Gasteiger partial charge is 0.305 e. The van der Waals surface area contributed by atoms with Crippen molar-refractivity contribution in [2.75, 3.05) is 13.2 Å². The Balaban J connectivity index is 3.50. The lowest BCUT2D eigenvalue weighted by Crippen LogP contribution is -2.45. The molecule has 3 N–H and O–H groups in total. The topological polar surface area (TPSA) is 95.9 Å². The van der Waals surface area contributed by atoms with Crippen LogP contribution in [0.5, 0.6) is 0 Å². The zero-order valence-corrected chi connectivity index (χ0v) is 42.5. The van der Waals surface area contributed by atoms with Crippen molar-refractivity contribution in [2.24, 2.45) is 0 Å². The number of hydrogen-bond donors (Lipinski definition) is 3. The number of esters is 1. The van der Waals surface area contributed by atoms with Crippen LogP contribution in [-0.2, 0) is 14.3 Å². The van der Waals surface area contributed by atoms with Gasteiger partial charge in [-0.05, 0) is 89.9 Å². The molecule has 0 aliphatic rings. The minimum atomic E-state index is -0.855. The Kier molecular flexibility index (Phi) is 51.6. The average Bonchev–Trinajstić information content (AvgIpc) is 3.29. The number of ether oxygens (including phenoxy) is 1. The number of nitrogens with one attached hydrogen (secondary N) is 1. The van der Waals surface area contributed by atoms with Crippen LogP contribution in [0.2, 0.25) is 0 Å². The van der Waals surface area contributed by atoms with Crippen LogP contribution in [0.1, 0.15) is 284 Å². The van der Waals surface area contributed by atoms with Crippen molar-refractivity contribution in [1.29, 1.82) is 0 Å². The molecule has 2 atom stereocenters. The van der Waals surface area contributed by atoms with Gasteiger partial charge < -0.3 is 20.3 Å². The van der Waals surface area contributed by atoms with Crippen LogP contribution in [0, 0.1) is 0 Å². The van der Waals surface area contributed by atoms with Crippen molar-refractivity contribution in [3.63, 3.8) is 0 Å². The van der Waals surface area contributed by atoms with E-state index in [0.717, 1.165) is 77.0 Å². The van der Waals surface area contributed by atoms with E-state index in [0.29, 0.717) is 19.4 Å². The molecule has 0 aliphatic carbocycles. The first-order valence-electron chi connectivity index (χ1n) is 27.9. The molecule has 64 heavy (non-hydrogen) atoms. The van der Waals surface area contributed by atoms with Crippen molar-refractivity contribution in [1.82, 2.24) is 5.32 Å². The molecule has 0 fully saturated rings. The molecule has 374 valence electrons. The zero-order chi connectivity index (χ0) is 46.5. The summed E-state index contributed by atoms with van der Waals surface area (Å²) < 4.78 is 5.46. The quantitative estimate of drug-likeness (QED) is 0.0321. The lowest BCUT2D eigenvalue weighted by Gasteiger charge is -2.20. The Bertz CT molecular complexity index is 1080. The Morgan fingerprint density at radius 2 is 0.781 bits per heavy atom. The maximum atomic E-state index is 12.4. The highest BCUT2D eigenvalue weighted by Crippen LogP contribution is 2.15. The van der Waals surface area contributed by atoms with Gasteiger partial charge in [-0.3, -0.25) is 9.59 Å². The van der Waals surface area contributed by atoms with E-state index in [9.17, 15) is 19.8 Å². The van der Waals surface area contributed by atoms with Crippen molar-refractivity contribution in [3.05, 3.63) is 48.6 Å². The third-order valence-corrected chi connectivity index (χ3v) is 12.6. The number of unbranched alkanes of at least 4 members (excludes halogenated alkanes) is 34. The minimum absolute atomic E-state index is 0.0192. The zero-order valence-electron chi connectivity index (χ0n) is 42.5. The molecule has 0 spiro atoms. The van der Waals surface area contributed by atoms with Gasteiger partial charge >= 0.3 is 5.97 Å². The normalized spacial score (nSPS) is 13.0. The van der Waals surface area contributed by atoms with Crippen LogP contribution >= 0.6 is 0 Å². The van der Waals surface area contributed by atoms with E-state index in [1.54, 1.807) is 6.08 Å². The first-order valence-corrected chi connectivity index (χ1v) is 27.9. The van der Waals surface area contributed by atoms with Crippen molar-refractivity contribution in [2.45, 2.75) is 296 Å². The number of rotatable bonds is 51. The summed E-state index contributed by atoms with van der Waals surface area (Å²) in [6, 6.07) is -0.640. The summed E-state index contributed by atoms with van der Waals surface area (Å²) >= 11 is 0. The van der Waals surface area contributed by atoms with Gasteiger partial charge in [0.1, 0.15) is 0 Å². The molecule has 0 aromatic carbocycles. The summed E-state index contributed by atoms with van der Waals surface area (Å²) in [6.45, 7) is 4.84. The molecular weight excluding hydrogens is 791 g/mol. The molecule has 0 saturated heterocycles. The van der Waals surface area contributed by atoms with Gasteiger partial charge in [-0.25, -0.2) is 0 Å². The molecule has 2 unspecified atom stereocenters. The number of hydrogen-bond acceptors (Lipinski definition) is 5. The van der Waals surface area contributed by atoms with E-state index in [-0.39, 0.29) is 18.5 Å². The Labute approximate surface area is 397 Å². The molecule has 0 heterocycles. The fraction of sp³-hybridized carbons (Fsp3) is 0.828. The molecule has 0 saturated carbocycles. The number of carbonyl (C=O) groups excluding carboxylic acids is 2. The highest BCUT2D eigenvalue weighted by Gasteiger charge is 2.18. The maximum absolute atomic E-state index is 12.4. The molecule has 6 heteroatoms. The summed E-state index contributed by atoms with van der Waals surface area (Å²) in [4.78, 5) is 24.5. The predicted molar refractivity (Wildman–Crippen MR) is 278 cm³/mol. The van der Waals surface area contributed by atoms with Gasteiger partial charge in [0, 0.05) is 12.8 Å². The Hall–Kier alpha value is -2.18. The second kappa shape index (κ2) is 53.4. The van der Waals surface area contributed by atoms with E-state index < -0.39 is 12.1 Å². The standard InChI is InChI=1S/C58H107NO5/c1-3-5-7-9-11-13-15-17-19-20-21-24-28-32-36-40-44-48-52-58(63)64-53-49-45-41-37-33-29-25-22-23-27-31-35-39-43-47-51-57(62)59-55(54-60)56(61)50-46-42-38-34-30-26-18-16-14-12-10-8-6-4-2/h13,15,19-20,25,29,46,50,55-56,60-61H,3-12,14,16-18,21-24,26-28,30-45,47-49,51-54H2,1-2H3,(H,59,62)/b15-13-,20-19-,29-25-,50-46+. The first kappa shape index (κ1) is 61.8. The van der Waals surface area contributed by atoms with E-state index in [2.05, 4.69) is 55.6 Å². The van der Waals surface area contributed by atoms with Crippen molar-refractivity contribution < 1.29 is 24.5 Å². The number of amides is 1. The Morgan fingerprint density at radius 3 is 1.22 bits per heavy atom. The molecule has 0 aliphatic heterocycles. The molecule has 0 bridgehead atoms. The molecule has 0 rings (SSSR count). The van der Waals surface area contributed by atoms with E-state index >= 15 is 0 Å². The van der Waals surface area contributed by atoms with E-state index in [1.165, 1.54) is 180 Å². The van der Waals surface area contributed by atoms with Crippen LogP contribution in [0.15, 0.2) is 48.6 Å². The van der Waals surface area contributed by atoms with Gasteiger partial charge in [-0.15, -0.1) is 0 Å². The highest BCUT2D eigenvalue weighted by atomic mass is 16.5. The predicted octanol–water partition coefficient (Wildman–Crippen LogP) is 17.0. The first-order chi connectivity index (χ1) is 31.5. The number of carbonyl (C=O) groups is 2. The van der Waals surface area contributed by atoms with Crippen LogP contribution in [0.25, 0.3) is 0 Å². The van der Waals surface area contributed by atoms with Crippen LogP contribution in [-0.4, -0.2) is 47.4 Å². The molecule has 0 aromatic heterocycles. The monoisotopic (exact) mass is 898 g/mol. The van der Waals surface area contributed by atoms with Crippen molar-refractivity contribution in [3.8, 4) is 0 Å². The van der Waals surface area contributed by atoms with Gasteiger partial charge in [0.15, 0.2) is 0 Å². The van der Waals surface area contributed by atoms with Gasteiger partial charge in [0.25, 0.3) is 0 Å². The number of aliphatic hydroxyl groups is 2. The SMILES string of the molecule is CCCCCC/C=C\C/C=C\CCCCCCCCCC(=O)OCCCCCC/C=C\CCCCCCCCCC(=O)NC(CO)C(O)/C=C/CCCCCCCCCCCCCC. The van der Waals surface area contributed by atoms with Gasteiger partial charge in [0.05, 0.1) is 25.4 Å². The van der Waals surface area contributed by atoms with Gasteiger partial charge in [0.2, 0.25) is 5.91 Å². The average molecular weight is 898 g/mol. The molecule has 0 aromatic rings. The lowest BCUT2D eigenvalue weighted by atomic mass is 10.0. The van der Waals surface area contributed by atoms with E-state index in [1.807, 2.05) is 6.08 Å². The molecule has 0 radical (unpaired) electrons. The van der Waals surface area contributed by atoms with Crippen molar-refractivity contribution >= 4 is 11.9 Å². The van der Waals surface area contributed by atoms with Crippen LogP contribution in [0.3, 0.4) is 0 Å². The van der Waals surface area contributed by atoms with Gasteiger partial charge in [-0.2, -0.15) is 0 Å². The maximum Gasteiger partial charge on any atom is 0.305 e. The number of aliphatic hydroxyl groups excluding tert-OH is 2. The van der Waals surface area contributed by atoms with E-state index in [4.69, 9.17) is 4.74 Å². The summed E-state index contributed by atoms with van der Waals surface area (Å²) in [5.74, 6) is -0.104. The summed E-state index contributed by atoms with van der Waals surface area (Å²) in [7, 11) is 0. The highest BCUT2D eigenvalue weighted by molar-refractivity contribution is 5.76. The third kappa shape index (κ3) is 49.3. The summed E-state index contributed by atoms with van der Waals surface area (Å²) in [6.07, 6.45) is 66.9.